The van der Waals surface area contributed by atoms with E-state index in [2.05, 4.69) is 15.2 Å². The molecule has 0 aromatic heterocycles. The van der Waals surface area contributed by atoms with Crippen molar-refractivity contribution in [2.75, 3.05) is 38.2 Å². The topological polar surface area (TPSA) is 46.1 Å². The molecule has 124 valence electrons. The van der Waals surface area contributed by atoms with Gasteiger partial charge in [0.1, 0.15) is 17.2 Å². The van der Waals surface area contributed by atoms with Gasteiger partial charge in [-0.1, -0.05) is 11.6 Å². The van der Waals surface area contributed by atoms with Gasteiger partial charge in [-0.15, -0.1) is 0 Å². The van der Waals surface area contributed by atoms with Gasteiger partial charge in [-0.3, -0.25) is 4.99 Å². The fourth-order valence-corrected chi connectivity index (χ4v) is 3.18. The molecule has 2 aliphatic heterocycles. The SMILES string of the molecule is COc1cc2c(c(N3CCNCC3)c1)C=Nc1cc(Cl)ccc1O2. The van der Waals surface area contributed by atoms with E-state index in [0.29, 0.717) is 10.8 Å². The summed E-state index contributed by atoms with van der Waals surface area (Å²) in [5, 5.41) is 4.01. The average molecular weight is 344 g/mol. The van der Waals surface area contributed by atoms with Crippen LogP contribution in [0.3, 0.4) is 0 Å². The van der Waals surface area contributed by atoms with Gasteiger partial charge in [0, 0.05) is 49.5 Å². The molecule has 5 nitrogen and oxygen atoms in total. The van der Waals surface area contributed by atoms with Gasteiger partial charge in [-0.2, -0.15) is 0 Å². The van der Waals surface area contributed by atoms with Crippen LogP contribution in [0, 0.1) is 0 Å². The smallest absolute Gasteiger partial charge is 0.153 e. The molecule has 0 unspecified atom stereocenters. The lowest BCUT2D eigenvalue weighted by atomic mass is 10.1. The normalized spacial score (nSPS) is 16.0. The second kappa shape index (κ2) is 6.34. The molecule has 6 heteroatoms. The Kier molecular flexibility index (Phi) is 4.04. The van der Waals surface area contributed by atoms with Gasteiger partial charge in [0.15, 0.2) is 5.75 Å². The quantitative estimate of drug-likeness (QED) is 0.772. The summed E-state index contributed by atoms with van der Waals surface area (Å²) < 4.78 is 11.6. The fraction of sp³-hybridized carbons (Fsp3) is 0.278. The van der Waals surface area contributed by atoms with E-state index in [9.17, 15) is 0 Å². The second-order valence-electron chi connectivity index (χ2n) is 5.77. The van der Waals surface area contributed by atoms with Crippen molar-refractivity contribution in [1.29, 1.82) is 0 Å². The van der Waals surface area contributed by atoms with Gasteiger partial charge in [-0.05, 0) is 18.2 Å². The summed E-state index contributed by atoms with van der Waals surface area (Å²) in [6.07, 6.45) is 1.86. The molecule has 4 rings (SSSR count). The van der Waals surface area contributed by atoms with Gasteiger partial charge < -0.3 is 19.7 Å². The average Bonchev–Trinajstić information content (AvgIpc) is 2.80. The molecule has 0 saturated carbocycles. The van der Waals surface area contributed by atoms with E-state index in [0.717, 1.165) is 54.6 Å². The molecule has 0 bridgehead atoms. The molecule has 24 heavy (non-hydrogen) atoms. The van der Waals surface area contributed by atoms with Gasteiger partial charge in [-0.25, -0.2) is 0 Å². The lowest BCUT2D eigenvalue weighted by molar-refractivity contribution is 0.409. The lowest BCUT2D eigenvalue weighted by Gasteiger charge is -2.31. The van der Waals surface area contributed by atoms with Crippen LogP contribution < -0.4 is 19.7 Å². The lowest BCUT2D eigenvalue weighted by Crippen LogP contribution is -2.43. The highest BCUT2D eigenvalue weighted by Gasteiger charge is 2.21. The number of benzene rings is 2. The molecule has 0 atom stereocenters. The molecule has 0 aliphatic carbocycles. The number of rotatable bonds is 2. The van der Waals surface area contributed by atoms with Gasteiger partial charge in [0.05, 0.1) is 18.4 Å². The largest absolute Gasteiger partial charge is 0.497 e. The number of piperazine rings is 1. The summed E-state index contributed by atoms with van der Waals surface area (Å²) in [4.78, 5) is 6.91. The highest BCUT2D eigenvalue weighted by Crippen LogP contribution is 2.42. The maximum atomic E-state index is 6.13. The highest BCUT2D eigenvalue weighted by atomic mass is 35.5. The molecule has 1 saturated heterocycles. The van der Waals surface area contributed by atoms with Gasteiger partial charge in [0.25, 0.3) is 0 Å². The summed E-state index contributed by atoms with van der Waals surface area (Å²) in [7, 11) is 1.67. The maximum absolute atomic E-state index is 6.13. The van der Waals surface area contributed by atoms with E-state index in [-0.39, 0.29) is 0 Å². The summed E-state index contributed by atoms with van der Waals surface area (Å²) in [6.45, 7) is 3.79. The Labute approximate surface area is 145 Å². The Balaban J connectivity index is 1.83. The molecule has 1 fully saturated rings. The van der Waals surface area contributed by atoms with Crippen molar-refractivity contribution in [1.82, 2.24) is 5.32 Å². The van der Waals surface area contributed by atoms with Crippen LogP contribution in [-0.4, -0.2) is 39.5 Å². The van der Waals surface area contributed by atoms with E-state index in [1.165, 1.54) is 0 Å². The molecule has 0 spiro atoms. The van der Waals surface area contributed by atoms with E-state index in [1.54, 1.807) is 19.2 Å². The first-order chi connectivity index (χ1) is 11.7. The number of methoxy groups -OCH3 is 1. The van der Waals surface area contributed by atoms with E-state index >= 15 is 0 Å². The number of halogens is 1. The minimum atomic E-state index is 0.639. The van der Waals surface area contributed by atoms with Crippen LogP contribution in [0.1, 0.15) is 5.56 Å². The first-order valence-corrected chi connectivity index (χ1v) is 8.31. The third-order valence-corrected chi connectivity index (χ3v) is 4.50. The van der Waals surface area contributed by atoms with E-state index < -0.39 is 0 Å². The monoisotopic (exact) mass is 343 g/mol. The molecule has 2 aromatic carbocycles. The van der Waals surface area contributed by atoms with Crippen molar-refractivity contribution in [3.05, 3.63) is 40.9 Å². The van der Waals surface area contributed by atoms with Crippen molar-refractivity contribution < 1.29 is 9.47 Å². The minimum absolute atomic E-state index is 0.639. The maximum Gasteiger partial charge on any atom is 0.153 e. The summed E-state index contributed by atoms with van der Waals surface area (Å²) in [5.74, 6) is 2.20. The van der Waals surface area contributed by atoms with Crippen LogP contribution in [0.25, 0.3) is 0 Å². The van der Waals surface area contributed by atoms with Gasteiger partial charge >= 0.3 is 0 Å². The molecule has 2 heterocycles. The number of ether oxygens (including phenoxy) is 2. The molecular formula is C18H18ClN3O2. The minimum Gasteiger partial charge on any atom is -0.497 e. The van der Waals surface area contributed by atoms with Crippen LogP contribution in [-0.2, 0) is 0 Å². The molecule has 1 N–H and O–H groups in total. The van der Waals surface area contributed by atoms with E-state index in [4.69, 9.17) is 21.1 Å². The Morgan fingerprint density at radius 3 is 2.79 bits per heavy atom. The number of anilines is 1. The first kappa shape index (κ1) is 15.3. The Hall–Kier alpha value is -2.24. The third kappa shape index (κ3) is 2.81. The number of nitrogens with one attached hydrogen (secondary N) is 1. The molecular weight excluding hydrogens is 326 g/mol. The van der Waals surface area contributed by atoms with Crippen molar-refractivity contribution in [3.63, 3.8) is 0 Å². The Morgan fingerprint density at radius 2 is 2.00 bits per heavy atom. The Morgan fingerprint density at radius 1 is 1.17 bits per heavy atom. The number of hydrogen-bond acceptors (Lipinski definition) is 5. The summed E-state index contributed by atoms with van der Waals surface area (Å²) >= 11 is 6.08. The molecule has 0 radical (unpaired) electrons. The number of aliphatic imine (C=N–C) groups is 1. The fourth-order valence-electron chi connectivity index (χ4n) is 3.02. The molecule has 0 amide bonds. The zero-order valence-electron chi connectivity index (χ0n) is 13.4. The predicted octanol–water partition coefficient (Wildman–Crippen LogP) is 3.61. The van der Waals surface area contributed by atoms with Gasteiger partial charge in [0.2, 0.25) is 0 Å². The molecule has 2 aliphatic rings. The van der Waals surface area contributed by atoms with Crippen LogP contribution in [0.5, 0.6) is 17.2 Å². The van der Waals surface area contributed by atoms with Crippen molar-refractivity contribution in [2.45, 2.75) is 0 Å². The van der Waals surface area contributed by atoms with Crippen molar-refractivity contribution in [3.8, 4) is 17.2 Å². The zero-order chi connectivity index (χ0) is 16.5. The predicted molar refractivity (Wildman–Crippen MR) is 96.9 cm³/mol. The van der Waals surface area contributed by atoms with E-state index in [1.807, 2.05) is 24.4 Å². The Bertz CT molecular complexity index is 801. The summed E-state index contributed by atoms with van der Waals surface area (Å²) in [6, 6.07) is 9.40. The van der Waals surface area contributed by atoms with Crippen molar-refractivity contribution >= 4 is 29.2 Å². The van der Waals surface area contributed by atoms with Crippen LogP contribution >= 0.6 is 11.6 Å². The highest BCUT2D eigenvalue weighted by molar-refractivity contribution is 6.30. The summed E-state index contributed by atoms with van der Waals surface area (Å²) in [5.41, 5.74) is 2.77. The number of fused-ring (bicyclic) bond motifs is 2. The van der Waals surface area contributed by atoms with Crippen LogP contribution in [0.4, 0.5) is 11.4 Å². The molecule has 2 aromatic rings. The number of nitrogens with zero attached hydrogens (tertiary/aromatic N) is 2. The van der Waals surface area contributed by atoms with Crippen molar-refractivity contribution in [2.24, 2.45) is 4.99 Å². The van der Waals surface area contributed by atoms with Crippen LogP contribution in [0.15, 0.2) is 35.3 Å². The number of hydrogen-bond donors (Lipinski definition) is 1. The second-order valence-corrected chi connectivity index (χ2v) is 6.20. The first-order valence-electron chi connectivity index (χ1n) is 7.94. The zero-order valence-corrected chi connectivity index (χ0v) is 14.1. The standard InChI is InChI=1S/C18H18ClN3O2/c1-23-13-9-16(22-6-4-20-5-7-22)14-11-21-15-8-12(19)2-3-17(15)24-18(14)10-13/h2-3,8-11,20H,4-7H2,1H3. The van der Waals surface area contributed by atoms with Crippen LogP contribution in [0.2, 0.25) is 5.02 Å². The third-order valence-electron chi connectivity index (χ3n) is 4.26.